The van der Waals surface area contributed by atoms with Crippen molar-refractivity contribution in [2.45, 2.75) is 45.7 Å². The van der Waals surface area contributed by atoms with Crippen LogP contribution < -0.4 is 15.5 Å². The van der Waals surface area contributed by atoms with Gasteiger partial charge in [0.15, 0.2) is 5.65 Å². The first kappa shape index (κ1) is 27.7. The van der Waals surface area contributed by atoms with Gasteiger partial charge in [0.2, 0.25) is 5.91 Å². The zero-order valence-corrected chi connectivity index (χ0v) is 24.2. The minimum absolute atomic E-state index is 0.0537. The maximum Gasteiger partial charge on any atom is 0.251 e. The van der Waals surface area contributed by atoms with Crippen LogP contribution in [-0.2, 0) is 4.79 Å². The molecular weight excluding hydrogens is 524 g/mol. The third-order valence-corrected chi connectivity index (χ3v) is 8.47. The van der Waals surface area contributed by atoms with E-state index in [1.807, 2.05) is 34.7 Å². The van der Waals surface area contributed by atoms with Crippen molar-refractivity contribution in [3.8, 4) is 21.8 Å². The molecule has 1 fully saturated rings. The van der Waals surface area contributed by atoms with Gasteiger partial charge in [0.1, 0.15) is 11.9 Å². The van der Waals surface area contributed by atoms with Crippen molar-refractivity contribution in [1.82, 2.24) is 35.1 Å². The van der Waals surface area contributed by atoms with E-state index in [0.29, 0.717) is 35.8 Å². The standard InChI is InChI=1S/C29H36N8O2S/c1-5-35(6-2)19(3)17-31-28(38)20-15-23(33-26(16-20)36-12-7-9-24(36)29(39)30-4)21-18-32-37-13-11-22(34-27(21)37)25-10-8-14-40-25/h8,10-11,13-16,18-19,24H,5-7,9,12,17H2,1-4H3,(H,30,39)(H,31,38)/t19-,24+/m0/s1. The summed E-state index contributed by atoms with van der Waals surface area (Å²) in [6, 6.07) is 9.43. The molecule has 10 nitrogen and oxygen atoms in total. The predicted molar refractivity (Wildman–Crippen MR) is 159 cm³/mol. The second-order valence-corrected chi connectivity index (χ2v) is 10.9. The summed E-state index contributed by atoms with van der Waals surface area (Å²) in [5.41, 5.74) is 3.31. The smallest absolute Gasteiger partial charge is 0.251 e. The lowest BCUT2D eigenvalue weighted by Crippen LogP contribution is -2.43. The van der Waals surface area contributed by atoms with Crippen LogP contribution in [0.5, 0.6) is 0 Å². The molecule has 4 aromatic heterocycles. The highest BCUT2D eigenvalue weighted by Crippen LogP contribution is 2.31. The van der Waals surface area contributed by atoms with Gasteiger partial charge < -0.3 is 15.5 Å². The van der Waals surface area contributed by atoms with Gasteiger partial charge in [-0.1, -0.05) is 19.9 Å². The lowest BCUT2D eigenvalue weighted by atomic mass is 10.1. The molecule has 0 aromatic carbocycles. The number of hydrogen-bond acceptors (Lipinski definition) is 8. The zero-order chi connectivity index (χ0) is 28.2. The Morgan fingerprint density at radius 1 is 1.18 bits per heavy atom. The highest BCUT2D eigenvalue weighted by Gasteiger charge is 2.32. The van der Waals surface area contributed by atoms with Crippen molar-refractivity contribution in [1.29, 1.82) is 0 Å². The van der Waals surface area contributed by atoms with Crippen molar-refractivity contribution in [2.75, 3.05) is 38.1 Å². The van der Waals surface area contributed by atoms with Crippen LogP contribution in [0.2, 0.25) is 0 Å². The molecule has 0 radical (unpaired) electrons. The molecule has 0 aliphatic carbocycles. The Morgan fingerprint density at radius 2 is 2.00 bits per heavy atom. The number of thiophene rings is 1. The Kier molecular flexibility index (Phi) is 8.41. The fourth-order valence-corrected chi connectivity index (χ4v) is 6.04. The molecule has 0 unspecified atom stereocenters. The molecule has 2 amide bonds. The summed E-state index contributed by atoms with van der Waals surface area (Å²) in [7, 11) is 1.65. The number of pyridine rings is 1. The molecule has 1 saturated heterocycles. The van der Waals surface area contributed by atoms with Crippen molar-refractivity contribution < 1.29 is 9.59 Å². The summed E-state index contributed by atoms with van der Waals surface area (Å²) in [6.45, 7) is 9.41. The van der Waals surface area contributed by atoms with Gasteiger partial charge in [-0.15, -0.1) is 11.3 Å². The second-order valence-electron chi connectivity index (χ2n) is 9.96. The lowest BCUT2D eigenvalue weighted by Gasteiger charge is -2.27. The van der Waals surface area contributed by atoms with E-state index >= 15 is 0 Å². The second kappa shape index (κ2) is 12.1. The molecule has 210 valence electrons. The van der Waals surface area contributed by atoms with Gasteiger partial charge in [0.05, 0.1) is 28.0 Å². The van der Waals surface area contributed by atoms with Crippen molar-refractivity contribution in [2.24, 2.45) is 0 Å². The highest BCUT2D eigenvalue weighted by molar-refractivity contribution is 7.13. The third-order valence-electron chi connectivity index (χ3n) is 7.58. The average molecular weight is 561 g/mol. The number of aromatic nitrogens is 4. The van der Waals surface area contributed by atoms with Crippen LogP contribution in [0, 0.1) is 0 Å². The molecule has 1 aliphatic heterocycles. The molecule has 0 bridgehead atoms. The minimum Gasteiger partial charge on any atom is -0.357 e. The first-order valence-electron chi connectivity index (χ1n) is 13.8. The molecule has 40 heavy (non-hydrogen) atoms. The van der Waals surface area contributed by atoms with Crippen molar-refractivity contribution >= 4 is 34.6 Å². The average Bonchev–Trinajstić information content (AvgIpc) is 3.76. The molecule has 0 spiro atoms. The van der Waals surface area contributed by atoms with Crippen LogP contribution >= 0.6 is 11.3 Å². The summed E-state index contributed by atoms with van der Waals surface area (Å²) in [5.74, 6) is 0.365. The Hall–Kier alpha value is -3.83. The number of carbonyl (C=O) groups is 2. The summed E-state index contributed by atoms with van der Waals surface area (Å²) >= 11 is 1.62. The van der Waals surface area contributed by atoms with Gasteiger partial charge in [-0.05, 0) is 62.5 Å². The minimum atomic E-state index is -0.334. The van der Waals surface area contributed by atoms with Crippen LogP contribution in [-0.4, -0.2) is 81.6 Å². The number of nitrogens with one attached hydrogen (secondary N) is 2. The van der Waals surface area contributed by atoms with E-state index in [-0.39, 0.29) is 23.9 Å². The molecule has 2 N–H and O–H groups in total. The summed E-state index contributed by atoms with van der Waals surface area (Å²) < 4.78 is 1.72. The van der Waals surface area contributed by atoms with E-state index in [0.717, 1.165) is 42.1 Å². The molecule has 4 aromatic rings. The number of amides is 2. The molecular formula is C29H36N8O2S. The first-order valence-corrected chi connectivity index (χ1v) is 14.7. The summed E-state index contributed by atoms with van der Waals surface area (Å²) in [4.78, 5) is 41.4. The Bertz CT molecular complexity index is 1480. The van der Waals surface area contributed by atoms with Gasteiger partial charge >= 0.3 is 0 Å². The number of rotatable bonds is 10. The molecule has 1 aliphatic rings. The van der Waals surface area contributed by atoms with Gasteiger partial charge in [0, 0.05) is 37.9 Å². The fourth-order valence-electron chi connectivity index (χ4n) is 5.34. The number of carbonyl (C=O) groups excluding carboxylic acids is 2. The predicted octanol–water partition coefficient (Wildman–Crippen LogP) is 3.69. The van der Waals surface area contributed by atoms with E-state index in [1.165, 1.54) is 0 Å². The van der Waals surface area contributed by atoms with E-state index in [1.54, 1.807) is 41.2 Å². The van der Waals surface area contributed by atoms with Crippen LogP contribution in [0.4, 0.5) is 5.82 Å². The summed E-state index contributed by atoms with van der Waals surface area (Å²) in [6.07, 6.45) is 5.22. The molecule has 5 rings (SSSR count). The van der Waals surface area contributed by atoms with Crippen LogP contribution in [0.1, 0.15) is 44.0 Å². The number of anilines is 1. The quantitative estimate of drug-likeness (QED) is 0.305. The monoisotopic (exact) mass is 560 g/mol. The SMILES string of the molecule is CCN(CC)[C@@H](C)CNC(=O)c1cc(-c2cnn3ccc(-c4cccs4)nc23)nc(N2CCC[C@@H]2C(=O)NC)c1. The van der Waals surface area contributed by atoms with Crippen LogP contribution in [0.3, 0.4) is 0 Å². The zero-order valence-electron chi connectivity index (χ0n) is 23.4. The van der Waals surface area contributed by atoms with Gasteiger partial charge in [0.25, 0.3) is 5.91 Å². The maximum atomic E-state index is 13.5. The van der Waals surface area contributed by atoms with E-state index in [4.69, 9.17) is 9.97 Å². The van der Waals surface area contributed by atoms with Gasteiger partial charge in [-0.25, -0.2) is 14.5 Å². The summed E-state index contributed by atoms with van der Waals surface area (Å²) in [5, 5.41) is 12.4. The first-order chi connectivity index (χ1) is 19.4. The van der Waals surface area contributed by atoms with Gasteiger partial charge in [-0.3, -0.25) is 14.5 Å². The van der Waals surface area contributed by atoms with Crippen molar-refractivity contribution in [3.63, 3.8) is 0 Å². The topological polar surface area (TPSA) is 108 Å². The Balaban J connectivity index is 1.55. The maximum absolute atomic E-state index is 13.5. The van der Waals surface area contributed by atoms with E-state index in [9.17, 15) is 9.59 Å². The number of likely N-dealkylation sites (N-methyl/N-ethyl adjacent to an activating group) is 2. The lowest BCUT2D eigenvalue weighted by molar-refractivity contribution is -0.121. The normalized spacial score (nSPS) is 16.0. The fraction of sp³-hybridized carbons (Fsp3) is 0.414. The molecule has 0 saturated carbocycles. The Labute approximate surface area is 238 Å². The molecule has 5 heterocycles. The number of hydrogen-bond donors (Lipinski definition) is 2. The van der Waals surface area contributed by atoms with E-state index in [2.05, 4.69) is 41.4 Å². The van der Waals surface area contributed by atoms with Crippen LogP contribution in [0.15, 0.2) is 48.1 Å². The van der Waals surface area contributed by atoms with Gasteiger partial charge in [-0.2, -0.15) is 5.10 Å². The molecule has 2 atom stereocenters. The largest absolute Gasteiger partial charge is 0.357 e. The third kappa shape index (κ3) is 5.57. The number of nitrogens with zero attached hydrogens (tertiary/aromatic N) is 6. The van der Waals surface area contributed by atoms with Crippen LogP contribution in [0.25, 0.3) is 27.5 Å². The Morgan fingerprint density at radius 3 is 2.73 bits per heavy atom. The van der Waals surface area contributed by atoms with E-state index < -0.39 is 0 Å². The van der Waals surface area contributed by atoms with Crippen molar-refractivity contribution in [3.05, 3.63) is 53.7 Å². The highest BCUT2D eigenvalue weighted by atomic mass is 32.1. The molecule has 11 heteroatoms. The number of fused-ring (bicyclic) bond motifs is 1.